The molecule has 2 heterocycles. The van der Waals surface area contributed by atoms with Crippen LogP contribution in [0.3, 0.4) is 0 Å². The quantitative estimate of drug-likeness (QED) is 0.344. The minimum Gasteiger partial charge on any atom is -0.872 e. The van der Waals surface area contributed by atoms with Crippen molar-refractivity contribution < 1.29 is 45.4 Å². The molecule has 2 aromatic rings. The SMILES string of the molecule is C/C(=N\NC(=O)CC#N)c1c([O-])cc(C)oc1=O.C/C(=N\NC(=O)CC#N)c1c([O-])cc(C)oc1=O.[Co+2]. The van der Waals surface area contributed by atoms with E-state index in [0.29, 0.717) is 0 Å². The van der Waals surface area contributed by atoms with Gasteiger partial charge < -0.3 is 19.0 Å². The zero-order chi connectivity index (χ0) is 27.4. The smallest absolute Gasteiger partial charge is 0.872 e. The second kappa shape index (κ2) is 15.3. The van der Waals surface area contributed by atoms with Crippen molar-refractivity contribution in [2.45, 2.75) is 40.5 Å². The van der Waals surface area contributed by atoms with Crippen molar-refractivity contribution >= 4 is 23.2 Å². The molecular formula is C22H20CoN6O8. The van der Waals surface area contributed by atoms with Crippen molar-refractivity contribution in [1.29, 1.82) is 10.5 Å². The normalized spacial score (nSPS) is 10.5. The molecule has 1 radical (unpaired) electrons. The summed E-state index contributed by atoms with van der Waals surface area (Å²) in [4.78, 5) is 44.9. The minimum absolute atomic E-state index is 0. The van der Waals surface area contributed by atoms with Crippen LogP contribution in [0.1, 0.15) is 49.3 Å². The molecule has 2 rings (SSSR count). The standard InChI is InChI=1S/2C11H11N3O4.Co/c2*1-6-5-8(15)10(11(17)18-6)7(2)13-14-9(16)3-4-12;/h2*5,15H,3H2,1-2H3,(H,14,16);/q;;+2/p-2/b2*13-7+;. The number of hydrogen-bond acceptors (Lipinski definition) is 12. The maximum atomic E-state index is 11.6. The molecule has 37 heavy (non-hydrogen) atoms. The number of aryl methyl sites for hydroxylation is 2. The summed E-state index contributed by atoms with van der Waals surface area (Å²) in [7, 11) is 0. The molecule has 0 aliphatic rings. The number of amides is 2. The van der Waals surface area contributed by atoms with E-state index in [1.165, 1.54) is 27.7 Å². The number of hydrazone groups is 2. The van der Waals surface area contributed by atoms with Gasteiger partial charge in [-0.05, 0) is 39.8 Å². The fraction of sp³-hybridized carbons (Fsp3) is 0.273. The zero-order valence-electron chi connectivity index (χ0n) is 20.0. The molecule has 0 fully saturated rings. The molecule has 195 valence electrons. The van der Waals surface area contributed by atoms with Gasteiger partial charge >= 0.3 is 28.0 Å². The summed E-state index contributed by atoms with van der Waals surface area (Å²) in [6, 6.07) is 5.60. The molecule has 0 bridgehead atoms. The molecular weight excluding hydrogens is 535 g/mol. The van der Waals surface area contributed by atoms with Crippen LogP contribution in [-0.4, -0.2) is 23.2 Å². The van der Waals surface area contributed by atoms with Crippen molar-refractivity contribution in [2.24, 2.45) is 10.2 Å². The van der Waals surface area contributed by atoms with E-state index in [1.54, 1.807) is 12.1 Å². The van der Waals surface area contributed by atoms with E-state index >= 15 is 0 Å². The van der Waals surface area contributed by atoms with Crippen molar-refractivity contribution in [3.8, 4) is 23.6 Å². The molecule has 2 N–H and O–H groups in total. The van der Waals surface area contributed by atoms with Gasteiger partial charge in [-0.15, -0.1) is 0 Å². The Morgan fingerprint density at radius 1 is 0.838 bits per heavy atom. The van der Waals surface area contributed by atoms with Crippen molar-refractivity contribution in [3.63, 3.8) is 0 Å². The number of rotatable bonds is 6. The predicted molar refractivity (Wildman–Crippen MR) is 119 cm³/mol. The van der Waals surface area contributed by atoms with Gasteiger partial charge in [-0.1, -0.05) is 11.5 Å². The zero-order valence-corrected chi connectivity index (χ0v) is 21.0. The van der Waals surface area contributed by atoms with Gasteiger partial charge in [-0.2, -0.15) is 20.7 Å². The van der Waals surface area contributed by atoms with Gasteiger partial charge in [0.1, 0.15) is 24.4 Å². The Balaban J connectivity index is 0.000000682. The molecule has 0 saturated heterocycles. The Morgan fingerprint density at radius 3 is 1.43 bits per heavy atom. The van der Waals surface area contributed by atoms with E-state index in [9.17, 15) is 29.4 Å². The van der Waals surface area contributed by atoms with E-state index in [4.69, 9.17) is 19.4 Å². The van der Waals surface area contributed by atoms with Crippen LogP contribution in [0.5, 0.6) is 11.5 Å². The van der Waals surface area contributed by atoms with Crippen molar-refractivity contribution in [3.05, 3.63) is 55.6 Å². The Hall–Kier alpha value is -4.73. The minimum atomic E-state index is -0.809. The largest absolute Gasteiger partial charge is 2.00 e. The molecule has 0 saturated carbocycles. The first kappa shape index (κ1) is 32.3. The van der Waals surface area contributed by atoms with E-state index in [2.05, 4.69) is 21.1 Å². The Morgan fingerprint density at radius 2 is 1.16 bits per heavy atom. The van der Waals surface area contributed by atoms with Crippen LogP contribution in [0.2, 0.25) is 0 Å². The first-order valence-electron chi connectivity index (χ1n) is 9.95. The van der Waals surface area contributed by atoms with E-state index in [0.717, 1.165) is 12.1 Å². The second-order valence-corrected chi connectivity index (χ2v) is 6.90. The van der Waals surface area contributed by atoms with Gasteiger partial charge in [-0.25, -0.2) is 20.4 Å². The second-order valence-electron chi connectivity index (χ2n) is 6.90. The maximum absolute atomic E-state index is 11.6. The molecule has 0 spiro atoms. The summed E-state index contributed by atoms with van der Waals surface area (Å²) < 4.78 is 9.53. The summed E-state index contributed by atoms with van der Waals surface area (Å²) in [6.45, 7) is 5.73. The predicted octanol–water partition coefficient (Wildman–Crippen LogP) is -0.451. The van der Waals surface area contributed by atoms with Crippen LogP contribution in [0.4, 0.5) is 0 Å². The van der Waals surface area contributed by atoms with Crippen LogP contribution in [0.25, 0.3) is 0 Å². The van der Waals surface area contributed by atoms with E-state index < -0.39 is 34.6 Å². The van der Waals surface area contributed by atoms with Crippen LogP contribution >= 0.6 is 0 Å². The average Bonchev–Trinajstić information content (AvgIpc) is 2.76. The van der Waals surface area contributed by atoms with Gasteiger partial charge in [0.05, 0.1) is 34.7 Å². The summed E-state index contributed by atoms with van der Waals surface area (Å²) in [5.41, 5.74) is 2.08. The van der Waals surface area contributed by atoms with Gasteiger partial charge in [0.15, 0.2) is 0 Å². The Bertz CT molecular complexity index is 1300. The third-order valence-electron chi connectivity index (χ3n) is 3.98. The summed E-state index contributed by atoms with van der Waals surface area (Å²) >= 11 is 0. The topological polar surface area (TPSA) is 237 Å². The molecule has 0 aliphatic heterocycles. The monoisotopic (exact) mass is 555 g/mol. The molecule has 0 aromatic carbocycles. The average molecular weight is 555 g/mol. The van der Waals surface area contributed by atoms with Crippen molar-refractivity contribution in [2.75, 3.05) is 0 Å². The maximum Gasteiger partial charge on any atom is 2.00 e. The van der Waals surface area contributed by atoms with Crippen LogP contribution in [0.15, 0.2) is 40.8 Å². The summed E-state index contributed by atoms with van der Waals surface area (Å²) in [5.74, 6) is -1.90. The molecule has 14 nitrogen and oxygen atoms in total. The molecule has 15 heteroatoms. The van der Waals surface area contributed by atoms with E-state index in [-0.39, 0.29) is 63.7 Å². The third kappa shape index (κ3) is 10.2. The first-order chi connectivity index (χ1) is 16.9. The number of nitriles is 2. The third-order valence-corrected chi connectivity index (χ3v) is 3.98. The number of carbonyl (C=O) groups is 2. The fourth-order valence-electron chi connectivity index (χ4n) is 2.45. The molecule has 2 aromatic heterocycles. The number of carbonyl (C=O) groups excluding carboxylic acids is 2. The molecule has 0 unspecified atom stereocenters. The molecule has 0 aliphatic carbocycles. The van der Waals surface area contributed by atoms with E-state index in [1.807, 2.05) is 0 Å². The number of nitrogens with zero attached hydrogens (tertiary/aromatic N) is 4. The van der Waals surface area contributed by atoms with Crippen LogP contribution in [-0.2, 0) is 26.4 Å². The fourth-order valence-corrected chi connectivity index (χ4v) is 2.45. The van der Waals surface area contributed by atoms with Crippen LogP contribution in [0, 0.1) is 36.5 Å². The summed E-state index contributed by atoms with van der Waals surface area (Å²) in [5, 5.41) is 46.8. The van der Waals surface area contributed by atoms with Gasteiger partial charge in [0.25, 0.3) is 11.8 Å². The summed E-state index contributed by atoms with van der Waals surface area (Å²) in [6.07, 6.45) is -0.715. The molecule has 0 atom stereocenters. The van der Waals surface area contributed by atoms with Gasteiger partial charge in [0.2, 0.25) is 0 Å². The molecule has 2 amide bonds. The Kier molecular flexibility index (Phi) is 13.3. The Labute approximate surface area is 220 Å². The van der Waals surface area contributed by atoms with Gasteiger partial charge in [0, 0.05) is 0 Å². The number of nitrogens with one attached hydrogen (secondary N) is 2. The first-order valence-corrected chi connectivity index (χ1v) is 9.95. The number of hydrogen-bond donors (Lipinski definition) is 2. The van der Waals surface area contributed by atoms with Crippen molar-refractivity contribution in [1.82, 2.24) is 10.9 Å². The van der Waals surface area contributed by atoms with Crippen LogP contribution < -0.4 is 32.3 Å². The van der Waals surface area contributed by atoms with Gasteiger partial charge in [-0.3, -0.25) is 9.59 Å².